The molecule has 7 nitrogen and oxygen atoms in total. The molecule has 0 unspecified atom stereocenters. The van der Waals surface area contributed by atoms with Gasteiger partial charge in [0.15, 0.2) is 11.0 Å². The maximum Gasteiger partial charge on any atom is 0.243 e. The molecular formula is C19H24ClN5O2S. The second-order valence-corrected chi connectivity index (χ2v) is 7.32. The Morgan fingerprint density at radius 3 is 2.71 bits per heavy atom. The Bertz CT molecular complexity index is 912. The van der Waals surface area contributed by atoms with Gasteiger partial charge in [0.1, 0.15) is 5.56 Å². The molecule has 0 aliphatic rings. The number of halogens is 1. The monoisotopic (exact) mass is 421 g/mol. The third kappa shape index (κ3) is 4.68. The highest BCUT2D eigenvalue weighted by molar-refractivity contribution is 7.98. The predicted molar refractivity (Wildman–Crippen MR) is 111 cm³/mol. The lowest BCUT2D eigenvalue weighted by Crippen LogP contribution is -2.08. The lowest BCUT2D eigenvalue weighted by atomic mass is 10.2. The van der Waals surface area contributed by atoms with Crippen molar-refractivity contribution in [3.8, 4) is 17.3 Å². The Kier molecular flexibility index (Phi) is 7.36. The summed E-state index contributed by atoms with van der Waals surface area (Å²) in [5.41, 5.74) is 1.89. The van der Waals surface area contributed by atoms with Gasteiger partial charge in [0.05, 0.1) is 19.8 Å². The standard InChI is InChI=1S/C19H24ClN5O2S/c1-4-24-12-15(18(23-24)27-5-2)17-21-22-19(25(17)10-11-26-3)28-13-14-8-6-7-9-16(14)20/h6-9,12H,4-5,10-11,13H2,1-3H3. The van der Waals surface area contributed by atoms with Crippen molar-refractivity contribution in [1.29, 1.82) is 0 Å². The number of benzene rings is 1. The van der Waals surface area contributed by atoms with Crippen LogP contribution in [0.5, 0.6) is 5.88 Å². The summed E-state index contributed by atoms with van der Waals surface area (Å²) in [6.45, 7) is 6.44. The van der Waals surface area contributed by atoms with Gasteiger partial charge in [-0.3, -0.25) is 9.25 Å². The smallest absolute Gasteiger partial charge is 0.243 e. The SMILES string of the molecule is CCOc1nn(CC)cc1-c1nnc(SCc2ccccc2Cl)n1CCOC. The minimum absolute atomic E-state index is 0.536. The first-order valence-corrected chi connectivity index (χ1v) is 10.5. The van der Waals surface area contributed by atoms with E-state index in [0.29, 0.717) is 31.4 Å². The first-order valence-electron chi connectivity index (χ1n) is 9.16. The van der Waals surface area contributed by atoms with Crippen molar-refractivity contribution >= 4 is 23.4 Å². The van der Waals surface area contributed by atoms with Crippen molar-refractivity contribution in [3.05, 3.63) is 41.0 Å². The van der Waals surface area contributed by atoms with Crippen molar-refractivity contribution < 1.29 is 9.47 Å². The van der Waals surface area contributed by atoms with Crippen LogP contribution in [0.1, 0.15) is 19.4 Å². The van der Waals surface area contributed by atoms with Gasteiger partial charge in [0.2, 0.25) is 5.88 Å². The van der Waals surface area contributed by atoms with Gasteiger partial charge in [-0.1, -0.05) is 41.6 Å². The highest BCUT2D eigenvalue weighted by atomic mass is 35.5. The van der Waals surface area contributed by atoms with E-state index in [1.165, 1.54) is 0 Å². The van der Waals surface area contributed by atoms with Crippen molar-refractivity contribution in [2.45, 2.75) is 37.8 Å². The number of methoxy groups -OCH3 is 1. The summed E-state index contributed by atoms with van der Waals surface area (Å²) in [6.07, 6.45) is 1.95. The molecule has 2 aromatic heterocycles. The lowest BCUT2D eigenvalue weighted by Gasteiger charge is -2.10. The molecule has 9 heteroatoms. The largest absolute Gasteiger partial charge is 0.476 e. The topological polar surface area (TPSA) is 67.0 Å². The van der Waals surface area contributed by atoms with E-state index in [1.54, 1.807) is 18.9 Å². The fourth-order valence-corrected chi connectivity index (χ4v) is 3.95. The molecule has 0 atom stereocenters. The summed E-state index contributed by atoms with van der Waals surface area (Å²) in [6, 6.07) is 7.82. The zero-order valence-electron chi connectivity index (χ0n) is 16.3. The Morgan fingerprint density at radius 1 is 1.18 bits per heavy atom. The third-order valence-corrected chi connectivity index (χ3v) is 5.51. The van der Waals surface area contributed by atoms with Gasteiger partial charge in [-0.2, -0.15) is 0 Å². The van der Waals surface area contributed by atoms with Gasteiger partial charge < -0.3 is 9.47 Å². The summed E-state index contributed by atoms with van der Waals surface area (Å²) < 4.78 is 14.9. The summed E-state index contributed by atoms with van der Waals surface area (Å²) in [4.78, 5) is 0. The minimum Gasteiger partial charge on any atom is -0.476 e. The van der Waals surface area contributed by atoms with E-state index >= 15 is 0 Å². The Hall–Kier alpha value is -2.03. The molecule has 0 aliphatic carbocycles. The van der Waals surface area contributed by atoms with E-state index in [2.05, 4.69) is 15.3 Å². The van der Waals surface area contributed by atoms with Crippen molar-refractivity contribution in [3.63, 3.8) is 0 Å². The number of thioether (sulfide) groups is 1. The molecule has 0 N–H and O–H groups in total. The number of aryl methyl sites for hydroxylation is 1. The van der Waals surface area contributed by atoms with Crippen LogP contribution in [-0.2, 0) is 23.6 Å². The second-order valence-electron chi connectivity index (χ2n) is 5.97. The van der Waals surface area contributed by atoms with Crippen LogP contribution in [0.4, 0.5) is 0 Å². The Balaban J connectivity index is 1.92. The van der Waals surface area contributed by atoms with Crippen LogP contribution < -0.4 is 4.74 Å². The molecular weight excluding hydrogens is 398 g/mol. The average Bonchev–Trinajstić information content (AvgIpc) is 3.29. The predicted octanol–water partition coefficient (Wildman–Crippen LogP) is 4.15. The van der Waals surface area contributed by atoms with E-state index < -0.39 is 0 Å². The van der Waals surface area contributed by atoms with Crippen LogP contribution in [0.2, 0.25) is 5.02 Å². The molecule has 0 bridgehead atoms. The van der Waals surface area contributed by atoms with Crippen LogP contribution in [-0.4, -0.2) is 44.9 Å². The first kappa shape index (κ1) is 20.7. The zero-order valence-corrected chi connectivity index (χ0v) is 17.8. The van der Waals surface area contributed by atoms with Gasteiger partial charge in [-0.05, 0) is 25.5 Å². The Labute approximate surface area is 174 Å². The van der Waals surface area contributed by atoms with E-state index in [9.17, 15) is 0 Å². The summed E-state index contributed by atoms with van der Waals surface area (Å²) in [5.74, 6) is 2.00. The highest BCUT2D eigenvalue weighted by Crippen LogP contribution is 2.32. The highest BCUT2D eigenvalue weighted by Gasteiger charge is 2.21. The fraction of sp³-hybridized carbons (Fsp3) is 0.421. The molecule has 2 heterocycles. The lowest BCUT2D eigenvalue weighted by molar-refractivity contribution is 0.185. The van der Waals surface area contributed by atoms with Gasteiger partial charge >= 0.3 is 0 Å². The molecule has 3 rings (SSSR count). The number of aromatic nitrogens is 5. The molecule has 0 spiro atoms. The molecule has 0 saturated heterocycles. The molecule has 0 saturated carbocycles. The van der Waals surface area contributed by atoms with Crippen LogP contribution in [0, 0.1) is 0 Å². The molecule has 0 fully saturated rings. The normalized spacial score (nSPS) is 11.1. The third-order valence-electron chi connectivity index (χ3n) is 4.12. The van der Waals surface area contributed by atoms with Crippen LogP contribution in [0.25, 0.3) is 11.4 Å². The Morgan fingerprint density at radius 2 is 2.00 bits per heavy atom. The number of hydrogen-bond acceptors (Lipinski definition) is 6. The summed E-state index contributed by atoms with van der Waals surface area (Å²) >= 11 is 7.88. The van der Waals surface area contributed by atoms with Crippen molar-refractivity contribution in [1.82, 2.24) is 24.5 Å². The van der Waals surface area contributed by atoms with Gasteiger partial charge in [0.25, 0.3) is 0 Å². The van der Waals surface area contributed by atoms with Gasteiger partial charge in [0, 0.05) is 30.6 Å². The maximum absolute atomic E-state index is 6.29. The maximum atomic E-state index is 6.29. The zero-order chi connectivity index (χ0) is 19.9. The average molecular weight is 422 g/mol. The number of ether oxygens (including phenoxy) is 2. The summed E-state index contributed by atoms with van der Waals surface area (Å²) in [5, 5.41) is 14.9. The van der Waals surface area contributed by atoms with Gasteiger partial charge in [-0.15, -0.1) is 15.3 Å². The molecule has 28 heavy (non-hydrogen) atoms. The van der Waals surface area contributed by atoms with Crippen molar-refractivity contribution in [2.24, 2.45) is 0 Å². The van der Waals surface area contributed by atoms with E-state index in [-0.39, 0.29) is 0 Å². The van der Waals surface area contributed by atoms with E-state index in [4.69, 9.17) is 21.1 Å². The molecule has 0 amide bonds. The van der Waals surface area contributed by atoms with Crippen molar-refractivity contribution in [2.75, 3.05) is 20.3 Å². The van der Waals surface area contributed by atoms with Crippen LogP contribution >= 0.6 is 23.4 Å². The number of rotatable bonds is 10. The first-order chi connectivity index (χ1) is 13.7. The van der Waals surface area contributed by atoms with Crippen LogP contribution in [0.15, 0.2) is 35.6 Å². The van der Waals surface area contributed by atoms with Crippen LogP contribution in [0.3, 0.4) is 0 Å². The molecule has 1 aromatic carbocycles. The molecule has 150 valence electrons. The molecule has 0 aliphatic heterocycles. The molecule has 0 radical (unpaired) electrons. The second kappa shape index (κ2) is 9.95. The van der Waals surface area contributed by atoms with E-state index in [1.807, 2.05) is 53.6 Å². The van der Waals surface area contributed by atoms with E-state index in [0.717, 1.165) is 33.7 Å². The summed E-state index contributed by atoms with van der Waals surface area (Å²) in [7, 11) is 1.68. The minimum atomic E-state index is 0.536. The number of nitrogens with zero attached hydrogens (tertiary/aromatic N) is 5. The quantitative estimate of drug-likeness (QED) is 0.458. The fourth-order valence-electron chi connectivity index (χ4n) is 2.70. The van der Waals surface area contributed by atoms with Gasteiger partial charge in [-0.25, -0.2) is 0 Å². The molecule has 3 aromatic rings. The number of hydrogen-bond donors (Lipinski definition) is 0.